The third-order valence-electron chi connectivity index (χ3n) is 9.21. The molecule has 2 aromatic carbocycles. The molecule has 5 heteroatoms. The number of esters is 1. The van der Waals surface area contributed by atoms with E-state index in [1.165, 1.54) is 29.5 Å². The molecule has 0 heterocycles. The van der Waals surface area contributed by atoms with E-state index >= 15 is 0 Å². The van der Waals surface area contributed by atoms with Gasteiger partial charge >= 0.3 is 5.97 Å². The van der Waals surface area contributed by atoms with Crippen molar-refractivity contribution in [1.82, 2.24) is 0 Å². The van der Waals surface area contributed by atoms with Crippen molar-refractivity contribution in [1.29, 1.82) is 0 Å². The van der Waals surface area contributed by atoms with Gasteiger partial charge < -0.3 is 14.9 Å². The first-order valence-electron chi connectivity index (χ1n) is 15.3. The fourth-order valence-electron chi connectivity index (χ4n) is 7.10. The van der Waals surface area contributed by atoms with E-state index in [9.17, 15) is 9.59 Å². The van der Waals surface area contributed by atoms with E-state index in [0.717, 1.165) is 61.0 Å². The van der Waals surface area contributed by atoms with Crippen LogP contribution in [0.5, 0.6) is 5.75 Å². The summed E-state index contributed by atoms with van der Waals surface area (Å²) in [5, 5.41) is 0. The maximum atomic E-state index is 12.3. The van der Waals surface area contributed by atoms with Crippen LogP contribution in [0.1, 0.15) is 96.3 Å². The Morgan fingerprint density at radius 1 is 1.00 bits per heavy atom. The van der Waals surface area contributed by atoms with Gasteiger partial charge in [0.1, 0.15) is 24.7 Å². The molecule has 5 rings (SSSR count). The second kappa shape index (κ2) is 14.1. The summed E-state index contributed by atoms with van der Waals surface area (Å²) in [7, 11) is 0. The van der Waals surface area contributed by atoms with Gasteiger partial charge in [-0.1, -0.05) is 73.9 Å². The van der Waals surface area contributed by atoms with E-state index in [-0.39, 0.29) is 28.3 Å². The summed E-state index contributed by atoms with van der Waals surface area (Å²) < 4.78 is 11.6. The van der Waals surface area contributed by atoms with E-state index in [2.05, 4.69) is 75.4 Å². The van der Waals surface area contributed by atoms with Crippen molar-refractivity contribution in [2.24, 2.45) is 17.8 Å². The number of ether oxygens (including phenoxy) is 2. The number of benzene rings is 2. The van der Waals surface area contributed by atoms with Crippen molar-refractivity contribution in [3.8, 4) is 5.75 Å². The molecule has 5 nitrogen and oxygen atoms in total. The predicted octanol–water partition coefficient (Wildman–Crippen LogP) is 8.00. The van der Waals surface area contributed by atoms with Gasteiger partial charge in [0.05, 0.1) is 0 Å². The average Bonchev–Trinajstić information content (AvgIpc) is 3.66. The number of aryl methyl sites for hydroxylation is 3. The number of allylic oxidation sites excluding steroid dienone is 4. The zero-order valence-corrected chi connectivity index (χ0v) is 24.9. The summed E-state index contributed by atoms with van der Waals surface area (Å²) >= 11 is 0. The molecule has 1 unspecified atom stereocenters. The van der Waals surface area contributed by atoms with Crippen LogP contribution < -0.4 is 4.74 Å². The number of carbonyl (C=O) groups excluding carboxylic acids is 2. The SMILES string of the molecule is CCc1ccc(C)cc1C1C=CC(c2ccc(C)cc2OCCOC(=O)CCCC[C@@H]2CC[C@@H]3CC(=O)C[C@H]23)=C1.O.[HH].[HH].[HH]. The van der Waals surface area contributed by atoms with E-state index in [4.69, 9.17) is 9.47 Å². The van der Waals surface area contributed by atoms with Crippen molar-refractivity contribution in [2.75, 3.05) is 13.2 Å². The molecular weight excluding hydrogens is 512 g/mol. The standard InChI is InChI=1S/C36H44O4.H2O.3H2/c1-4-26-11-9-24(2)19-33(26)29-15-14-28(21-29)32-16-10-25(3)20-35(32)39-17-18-40-36(38)8-6-5-7-27-12-13-30-22-31(37)23-34(27)30;;;;/h9-11,14-16,19-21,27,29-30,34H,4-8,12-13,17-18,22-23H2,1-3H3;1H2;3*1H/t27-,29?,30-,34-;;;;/m1..../s1. The zero-order chi connectivity index (χ0) is 28.1. The Labute approximate surface area is 249 Å². The van der Waals surface area contributed by atoms with Crippen LogP contribution in [0.2, 0.25) is 0 Å². The van der Waals surface area contributed by atoms with Crippen LogP contribution in [0.3, 0.4) is 0 Å². The van der Waals surface area contributed by atoms with Gasteiger partial charge in [-0.25, -0.2) is 0 Å². The minimum Gasteiger partial charge on any atom is -0.489 e. The van der Waals surface area contributed by atoms with E-state index < -0.39 is 0 Å². The lowest BCUT2D eigenvalue weighted by Gasteiger charge is -2.17. The van der Waals surface area contributed by atoms with Crippen LogP contribution in [0, 0.1) is 31.6 Å². The van der Waals surface area contributed by atoms with Crippen LogP contribution in [-0.2, 0) is 20.7 Å². The molecule has 0 radical (unpaired) electrons. The Morgan fingerprint density at radius 3 is 2.63 bits per heavy atom. The quantitative estimate of drug-likeness (QED) is 0.193. The van der Waals surface area contributed by atoms with Crippen molar-refractivity contribution >= 4 is 17.3 Å². The van der Waals surface area contributed by atoms with Gasteiger partial charge in [0.25, 0.3) is 0 Å². The van der Waals surface area contributed by atoms with Gasteiger partial charge in [-0.3, -0.25) is 9.59 Å². The van der Waals surface area contributed by atoms with Gasteiger partial charge in [-0.2, -0.15) is 0 Å². The van der Waals surface area contributed by atoms with Gasteiger partial charge in [0.15, 0.2) is 0 Å². The fraction of sp³-hybridized carbons (Fsp3) is 0.500. The molecule has 2 fully saturated rings. The molecule has 41 heavy (non-hydrogen) atoms. The van der Waals surface area contributed by atoms with Gasteiger partial charge in [0, 0.05) is 35.0 Å². The monoisotopic (exact) mass is 564 g/mol. The van der Waals surface area contributed by atoms with Crippen molar-refractivity contribution in [3.05, 3.63) is 82.4 Å². The van der Waals surface area contributed by atoms with Crippen LogP contribution in [0.4, 0.5) is 0 Å². The second-order valence-electron chi connectivity index (χ2n) is 12.1. The van der Waals surface area contributed by atoms with Gasteiger partial charge in [0.2, 0.25) is 0 Å². The molecular formula is C36H52O5. The minimum atomic E-state index is -0.150. The highest BCUT2D eigenvalue weighted by Gasteiger charge is 2.42. The summed E-state index contributed by atoms with van der Waals surface area (Å²) in [6, 6.07) is 13.0. The molecule has 3 aliphatic carbocycles. The van der Waals surface area contributed by atoms with E-state index in [0.29, 0.717) is 36.6 Å². The maximum absolute atomic E-state index is 12.3. The molecule has 2 N–H and O–H groups in total. The Balaban J connectivity index is 0.00000242. The van der Waals surface area contributed by atoms with Crippen molar-refractivity contribution < 1.29 is 28.8 Å². The average molecular weight is 565 g/mol. The molecule has 3 aliphatic rings. The van der Waals surface area contributed by atoms with Crippen LogP contribution >= 0.6 is 0 Å². The van der Waals surface area contributed by atoms with Crippen LogP contribution in [-0.4, -0.2) is 30.4 Å². The molecule has 2 saturated carbocycles. The lowest BCUT2D eigenvalue weighted by Crippen LogP contribution is -2.13. The highest BCUT2D eigenvalue weighted by atomic mass is 16.6. The minimum absolute atomic E-state index is 0. The first-order valence-corrected chi connectivity index (χ1v) is 15.3. The lowest BCUT2D eigenvalue weighted by atomic mass is 9.88. The smallest absolute Gasteiger partial charge is 0.305 e. The second-order valence-corrected chi connectivity index (χ2v) is 12.1. The van der Waals surface area contributed by atoms with Crippen molar-refractivity contribution in [3.63, 3.8) is 0 Å². The fourth-order valence-corrected chi connectivity index (χ4v) is 7.10. The first-order chi connectivity index (χ1) is 19.4. The molecule has 0 bridgehead atoms. The summed E-state index contributed by atoms with van der Waals surface area (Å²) in [4.78, 5) is 24.1. The molecule has 226 valence electrons. The first kappa shape index (κ1) is 30.8. The van der Waals surface area contributed by atoms with E-state index in [1.807, 2.05) is 0 Å². The zero-order valence-electron chi connectivity index (χ0n) is 24.9. The predicted molar refractivity (Wildman–Crippen MR) is 170 cm³/mol. The third kappa shape index (κ3) is 7.56. The number of fused-ring (bicyclic) bond motifs is 1. The third-order valence-corrected chi connectivity index (χ3v) is 9.21. The summed E-state index contributed by atoms with van der Waals surface area (Å²) in [6.45, 7) is 7.01. The number of hydrogen-bond acceptors (Lipinski definition) is 4. The number of Topliss-reactive ketones (excluding diaryl/α,β-unsaturated/α-hetero) is 1. The summed E-state index contributed by atoms with van der Waals surface area (Å²) in [6.07, 6.45) is 15.3. The molecule has 0 aliphatic heterocycles. The molecule has 4 atom stereocenters. The highest BCUT2D eigenvalue weighted by Crippen LogP contribution is 2.48. The highest BCUT2D eigenvalue weighted by molar-refractivity contribution is 5.82. The summed E-state index contributed by atoms with van der Waals surface area (Å²) in [5.41, 5.74) is 7.41. The Morgan fingerprint density at radius 2 is 1.80 bits per heavy atom. The van der Waals surface area contributed by atoms with E-state index in [1.54, 1.807) is 0 Å². The normalized spacial score (nSPS) is 22.8. The van der Waals surface area contributed by atoms with Crippen molar-refractivity contribution in [2.45, 2.75) is 84.5 Å². The lowest BCUT2D eigenvalue weighted by molar-refractivity contribution is -0.144. The number of hydrogen-bond donors (Lipinski definition) is 0. The molecule has 0 aromatic heterocycles. The molecule has 0 amide bonds. The topological polar surface area (TPSA) is 84.1 Å². The maximum Gasteiger partial charge on any atom is 0.305 e. The molecule has 0 saturated heterocycles. The number of unbranched alkanes of at least 4 members (excludes halogenated alkanes) is 1. The Bertz CT molecular complexity index is 1300. The van der Waals surface area contributed by atoms with Crippen LogP contribution in [0.25, 0.3) is 5.57 Å². The molecule has 2 aromatic rings. The Kier molecular flexibility index (Phi) is 10.6. The summed E-state index contributed by atoms with van der Waals surface area (Å²) in [5.74, 6) is 3.32. The van der Waals surface area contributed by atoms with Crippen LogP contribution in [0.15, 0.2) is 54.6 Å². The van der Waals surface area contributed by atoms with Gasteiger partial charge in [-0.05, 0) is 85.6 Å². The number of rotatable bonds is 12. The number of ketones is 1. The number of carbonyl (C=O) groups is 2. The molecule has 0 spiro atoms. The Hall–Kier alpha value is -3.18. The largest absolute Gasteiger partial charge is 0.489 e. The van der Waals surface area contributed by atoms with Gasteiger partial charge in [-0.15, -0.1) is 0 Å².